The van der Waals surface area contributed by atoms with Crippen molar-refractivity contribution in [1.82, 2.24) is 10.2 Å². The molecule has 4 heteroatoms. The quantitative estimate of drug-likeness (QED) is 0.629. The summed E-state index contributed by atoms with van der Waals surface area (Å²) in [6, 6.07) is 0. The third kappa shape index (κ3) is 2.32. The molecule has 4 nitrogen and oxygen atoms in total. The van der Waals surface area contributed by atoms with E-state index in [1.807, 2.05) is 7.05 Å². The summed E-state index contributed by atoms with van der Waals surface area (Å²) < 4.78 is 0. The molecule has 2 N–H and O–H groups in total. The van der Waals surface area contributed by atoms with Crippen LogP contribution in [0.2, 0.25) is 0 Å². The van der Waals surface area contributed by atoms with Crippen molar-refractivity contribution in [1.29, 1.82) is 0 Å². The van der Waals surface area contributed by atoms with Gasteiger partial charge in [-0.1, -0.05) is 0 Å². The van der Waals surface area contributed by atoms with Crippen molar-refractivity contribution in [2.45, 2.75) is 31.3 Å². The van der Waals surface area contributed by atoms with E-state index in [-0.39, 0.29) is 5.91 Å². The topological polar surface area (TPSA) is 52.6 Å². The summed E-state index contributed by atoms with van der Waals surface area (Å²) in [5, 5.41) is 13.1. The van der Waals surface area contributed by atoms with Gasteiger partial charge in [-0.15, -0.1) is 0 Å². The molecule has 0 aromatic heterocycles. The number of β-amino-alcohol motifs (C(OH)–C–C–N with tert-alkyl or cyclic N) is 1. The maximum atomic E-state index is 11.6. The Bertz CT molecular complexity index is 245. The second kappa shape index (κ2) is 4.10. The predicted octanol–water partition coefficient (Wildman–Crippen LogP) is -0.0307. The third-order valence-corrected chi connectivity index (χ3v) is 3.44. The first-order valence-corrected chi connectivity index (χ1v) is 5.80. The van der Waals surface area contributed by atoms with Crippen molar-refractivity contribution in [3.05, 3.63) is 0 Å². The highest BCUT2D eigenvalue weighted by atomic mass is 16.3. The maximum absolute atomic E-state index is 11.6. The van der Waals surface area contributed by atoms with Crippen LogP contribution in [-0.4, -0.2) is 48.2 Å². The molecular weight excluding hydrogens is 192 g/mol. The molecule has 1 aliphatic heterocycles. The summed E-state index contributed by atoms with van der Waals surface area (Å²) >= 11 is 0. The molecular formula is C11H20N2O2. The summed E-state index contributed by atoms with van der Waals surface area (Å²) in [4.78, 5) is 13.4. The van der Waals surface area contributed by atoms with Gasteiger partial charge in [0.2, 0.25) is 5.91 Å². The first kappa shape index (κ1) is 10.9. The number of aliphatic hydroxyl groups is 1. The van der Waals surface area contributed by atoms with Gasteiger partial charge in [0.15, 0.2) is 0 Å². The van der Waals surface area contributed by atoms with E-state index in [0.29, 0.717) is 25.4 Å². The number of hydrogen-bond donors (Lipinski definition) is 2. The summed E-state index contributed by atoms with van der Waals surface area (Å²) in [5.74, 6) is 0.662. The summed E-state index contributed by atoms with van der Waals surface area (Å²) in [6.45, 7) is 2.01. The lowest BCUT2D eigenvalue weighted by atomic mass is 9.88. The van der Waals surface area contributed by atoms with Crippen LogP contribution >= 0.6 is 0 Å². The van der Waals surface area contributed by atoms with Crippen LogP contribution in [0.4, 0.5) is 0 Å². The minimum absolute atomic E-state index is 0.190. The number of carbonyl (C=O) groups is 1. The second-order valence-corrected chi connectivity index (χ2v) is 4.83. The Kier molecular flexibility index (Phi) is 2.98. The average Bonchev–Trinajstić information content (AvgIpc) is 2.96. The Hall–Kier alpha value is -0.610. The molecule has 0 aromatic rings. The Balaban J connectivity index is 1.67. The summed E-state index contributed by atoms with van der Waals surface area (Å²) in [5.41, 5.74) is -0.529. The van der Waals surface area contributed by atoms with Crippen LogP contribution < -0.4 is 5.32 Å². The van der Waals surface area contributed by atoms with Crippen LogP contribution in [0.15, 0.2) is 0 Å². The van der Waals surface area contributed by atoms with Gasteiger partial charge in [0.1, 0.15) is 5.60 Å². The normalized spacial score (nSPS) is 23.7. The van der Waals surface area contributed by atoms with E-state index in [4.69, 9.17) is 0 Å². The van der Waals surface area contributed by atoms with E-state index in [9.17, 15) is 9.90 Å². The zero-order valence-corrected chi connectivity index (χ0v) is 9.33. The van der Waals surface area contributed by atoms with Crippen molar-refractivity contribution in [2.75, 3.05) is 26.7 Å². The SMILES string of the molecule is CNCCCC(=O)N1CC(O)(C2CC2)C1. The van der Waals surface area contributed by atoms with E-state index < -0.39 is 5.60 Å². The second-order valence-electron chi connectivity index (χ2n) is 4.83. The molecule has 1 heterocycles. The number of nitrogens with one attached hydrogen (secondary N) is 1. The fourth-order valence-electron chi connectivity index (χ4n) is 2.24. The molecule has 0 bridgehead atoms. The number of hydrogen-bond acceptors (Lipinski definition) is 3. The van der Waals surface area contributed by atoms with Gasteiger partial charge in [-0.3, -0.25) is 4.79 Å². The monoisotopic (exact) mass is 212 g/mol. The van der Waals surface area contributed by atoms with Gasteiger partial charge in [-0.2, -0.15) is 0 Å². The lowest BCUT2D eigenvalue weighted by Gasteiger charge is -2.47. The molecule has 0 aromatic carbocycles. The Morgan fingerprint density at radius 3 is 2.73 bits per heavy atom. The standard InChI is InChI=1S/C11H20N2O2/c1-12-6-2-3-10(14)13-7-11(15,8-13)9-4-5-9/h9,12,15H,2-8H2,1H3. The van der Waals surface area contributed by atoms with E-state index >= 15 is 0 Å². The summed E-state index contributed by atoms with van der Waals surface area (Å²) in [6.07, 6.45) is 3.76. The third-order valence-electron chi connectivity index (χ3n) is 3.44. The van der Waals surface area contributed by atoms with Crippen molar-refractivity contribution < 1.29 is 9.90 Å². The highest BCUT2D eigenvalue weighted by Crippen LogP contribution is 2.44. The first-order chi connectivity index (χ1) is 7.15. The molecule has 1 saturated heterocycles. The van der Waals surface area contributed by atoms with Crippen LogP contribution in [0, 0.1) is 5.92 Å². The molecule has 15 heavy (non-hydrogen) atoms. The van der Waals surface area contributed by atoms with Crippen LogP contribution in [0.5, 0.6) is 0 Å². The minimum atomic E-state index is -0.529. The van der Waals surface area contributed by atoms with Crippen LogP contribution in [0.25, 0.3) is 0 Å². The molecule has 2 rings (SSSR count). The number of carbonyl (C=O) groups excluding carboxylic acids is 1. The Morgan fingerprint density at radius 1 is 1.53 bits per heavy atom. The van der Waals surface area contributed by atoms with Crippen LogP contribution in [0.1, 0.15) is 25.7 Å². The molecule has 0 radical (unpaired) electrons. The number of likely N-dealkylation sites (tertiary alicyclic amines) is 1. The van der Waals surface area contributed by atoms with Gasteiger partial charge in [0.25, 0.3) is 0 Å². The molecule has 1 amide bonds. The molecule has 1 aliphatic carbocycles. The Labute approximate surface area is 90.6 Å². The van der Waals surface area contributed by atoms with E-state index in [0.717, 1.165) is 25.8 Å². The number of nitrogens with zero attached hydrogens (tertiary/aromatic N) is 1. The van der Waals surface area contributed by atoms with Crippen LogP contribution in [-0.2, 0) is 4.79 Å². The molecule has 0 spiro atoms. The smallest absolute Gasteiger partial charge is 0.222 e. The van der Waals surface area contributed by atoms with E-state index in [2.05, 4.69) is 5.32 Å². The fourth-order valence-corrected chi connectivity index (χ4v) is 2.24. The van der Waals surface area contributed by atoms with Crippen molar-refractivity contribution in [3.63, 3.8) is 0 Å². The maximum Gasteiger partial charge on any atom is 0.222 e. The Morgan fingerprint density at radius 2 is 2.20 bits per heavy atom. The van der Waals surface area contributed by atoms with E-state index in [1.54, 1.807) is 4.90 Å². The zero-order valence-electron chi connectivity index (χ0n) is 9.33. The van der Waals surface area contributed by atoms with E-state index in [1.165, 1.54) is 0 Å². The van der Waals surface area contributed by atoms with Gasteiger partial charge in [-0.05, 0) is 38.8 Å². The molecule has 2 aliphatic rings. The van der Waals surface area contributed by atoms with Gasteiger partial charge in [-0.25, -0.2) is 0 Å². The fraction of sp³-hybridized carbons (Fsp3) is 0.909. The van der Waals surface area contributed by atoms with Gasteiger partial charge < -0.3 is 15.3 Å². The molecule has 2 fully saturated rings. The number of amides is 1. The largest absolute Gasteiger partial charge is 0.386 e. The molecule has 1 saturated carbocycles. The number of rotatable bonds is 5. The van der Waals surface area contributed by atoms with Gasteiger partial charge in [0.05, 0.1) is 13.1 Å². The van der Waals surface area contributed by atoms with Crippen molar-refractivity contribution >= 4 is 5.91 Å². The van der Waals surface area contributed by atoms with Gasteiger partial charge >= 0.3 is 0 Å². The first-order valence-electron chi connectivity index (χ1n) is 5.80. The summed E-state index contributed by atoms with van der Waals surface area (Å²) in [7, 11) is 1.89. The zero-order chi connectivity index (χ0) is 10.9. The van der Waals surface area contributed by atoms with Crippen LogP contribution in [0.3, 0.4) is 0 Å². The minimum Gasteiger partial charge on any atom is -0.386 e. The van der Waals surface area contributed by atoms with Crippen molar-refractivity contribution in [3.8, 4) is 0 Å². The highest BCUT2D eigenvalue weighted by molar-refractivity contribution is 5.77. The average molecular weight is 212 g/mol. The lowest BCUT2D eigenvalue weighted by molar-refractivity contribution is -0.159. The van der Waals surface area contributed by atoms with Gasteiger partial charge in [0, 0.05) is 6.42 Å². The highest BCUT2D eigenvalue weighted by Gasteiger charge is 2.52. The molecule has 0 unspecified atom stereocenters. The predicted molar refractivity (Wildman–Crippen MR) is 57.4 cm³/mol. The molecule has 0 atom stereocenters. The van der Waals surface area contributed by atoms with Crippen molar-refractivity contribution in [2.24, 2.45) is 5.92 Å². The molecule has 86 valence electrons. The lowest BCUT2D eigenvalue weighted by Crippen LogP contribution is -2.64.